The van der Waals surface area contributed by atoms with Crippen LogP contribution >= 0.6 is 0 Å². The van der Waals surface area contributed by atoms with Crippen molar-refractivity contribution in [3.63, 3.8) is 0 Å². The van der Waals surface area contributed by atoms with Gasteiger partial charge >= 0.3 is 0 Å². The molecule has 0 spiro atoms. The fraction of sp³-hybridized carbons (Fsp3) is 0.467. The van der Waals surface area contributed by atoms with E-state index in [0.717, 1.165) is 11.3 Å². The number of aliphatic hydroxyl groups is 1. The van der Waals surface area contributed by atoms with Gasteiger partial charge in [0.2, 0.25) is 6.10 Å². The third-order valence-electron chi connectivity index (χ3n) is 3.74. The second kappa shape index (κ2) is 5.83. The highest BCUT2D eigenvalue weighted by Gasteiger charge is 2.35. The van der Waals surface area contributed by atoms with Crippen LogP contribution in [0.4, 0.5) is 0 Å². The van der Waals surface area contributed by atoms with Gasteiger partial charge in [0.05, 0.1) is 12.3 Å². The van der Waals surface area contributed by atoms with Crippen molar-refractivity contribution in [2.75, 3.05) is 19.8 Å². The van der Waals surface area contributed by atoms with Crippen molar-refractivity contribution in [3.05, 3.63) is 35.9 Å². The minimum absolute atomic E-state index is 0.173. The lowest BCUT2D eigenvalue weighted by molar-refractivity contribution is -0.132. The summed E-state index contributed by atoms with van der Waals surface area (Å²) in [4.78, 5) is 17.3. The Morgan fingerprint density at radius 1 is 1.43 bits per heavy atom. The van der Waals surface area contributed by atoms with E-state index in [4.69, 9.17) is 9.57 Å². The molecule has 3 rings (SSSR count). The minimum atomic E-state index is -0.961. The Labute approximate surface area is 122 Å². The molecule has 2 aliphatic rings. The lowest BCUT2D eigenvalue weighted by Gasteiger charge is -2.21. The predicted molar refractivity (Wildman–Crippen MR) is 75.9 cm³/mol. The first kappa shape index (κ1) is 14.0. The zero-order valence-electron chi connectivity index (χ0n) is 11.6. The molecule has 1 amide bonds. The third-order valence-corrected chi connectivity index (χ3v) is 3.74. The fourth-order valence-electron chi connectivity index (χ4n) is 2.42. The molecule has 0 saturated carbocycles. The Balaban J connectivity index is 1.52. The van der Waals surface area contributed by atoms with E-state index in [-0.39, 0.29) is 19.1 Å². The van der Waals surface area contributed by atoms with Gasteiger partial charge in [-0.1, -0.05) is 35.5 Å². The van der Waals surface area contributed by atoms with E-state index >= 15 is 0 Å². The van der Waals surface area contributed by atoms with E-state index < -0.39 is 11.7 Å². The molecule has 2 unspecified atom stereocenters. The van der Waals surface area contributed by atoms with Crippen LogP contribution in [0.5, 0.6) is 0 Å². The number of benzene rings is 1. The van der Waals surface area contributed by atoms with Crippen LogP contribution in [0.25, 0.3) is 0 Å². The van der Waals surface area contributed by atoms with Crippen LogP contribution in [-0.4, -0.2) is 48.2 Å². The molecular formula is C15H18N2O4. The summed E-state index contributed by atoms with van der Waals surface area (Å²) >= 11 is 0. The highest BCUT2D eigenvalue weighted by Crippen LogP contribution is 2.19. The molecule has 6 nitrogen and oxygen atoms in total. The first-order valence-electron chi connectivity index (χ1n) is 7.02. The average molecular weight is 290 g/mol. The Bertz CT molecular complexity index is 538. The monoisotopic (exact) mass is 290 g/mol. The van der Waals surface area contributed by atoms with E-state index in [1.54, 1.807) is 0 Å². The standard InChI is InChI=1S/C15H18N2O4/c18-14(16-9-15(19)6-7-20-10-15)13-8-12(17-21-13)11-4-2-1-3-5-11/h1-5,13,19H,6-10H2,(H,16,18). The second-order valence-corrected chi connectivity index (χ2v) is 5.45. The van der Waals surface area contributed by atoms with Crippen molar-refractivity contribution in [1.82, 2.24) is 5.32 Å². The molecule has 1 saturated heterocycles. The molecule has 6 heteroatoms. The maximum Gasteiger partial charge on any atom is 0.264 e. The number of carbonyl (C=O) groups excluding carboxylic acids is 1. The first-order valence-corrected chi connectivity index (χ1v) is 7.02. The zero-order valence-corrected chi connectivity index (χ0v) is 11.6. The lowest BCUT2D eigenvalue weighted by Crippen LogP contribution is -2.46. The molecule has 2 heterocycles. The van der Waals surface area contributed by atoms with Crippen LogP contribution in [0.15, 0.2) is 35.5 Å². The Morgan fingerprint density at radius 2 is 2.24 bits per heavy atom. The number of oxime groups is 1. The van der Waals surface area contributed by atoms with Gasteiger partial charge < -0.3 is 20.0 Å². The van der Waals surface area contributed by atoms with Crippen LogP contribution in [0.3, 0.4) is 0 Å². The molecule has 2 aliphatic heterocycles. The smallest absolute Gasteiger partial charge is 0.264 e. The molecular weight excluding hydrogens is 272 g/mol. The van der Waals surface area contributed by atoms with Crippen molar-refractivity contribution in [2.24, 2.45) is 5.16 Å². The summed E-state index contributed by atoms with van der Waals surface area (Å²) in [6.45, 7) is 0.949. The van der Waals surface area contributed by atoms with Gasteiger partial charge in [-0.3, -0.25) is 4.79 Å². The van der Waals surface area contributed by atoms with E-state index in [1.165, 1.54) is 0 Å². The van der Waals surface area contributed by atoms with E-state index in [9.17, 15) is 9.90 Å². The highest BCUT2D eigenvalue weighted by molar-refractivity contribution is 6.04. The summed E-state index contributed by atoms with van der Waals surface area (Å²) in [5.74, 6) is -0.259. The summed E-state index contributed by atoms with van der Waals surface area (Å²) in [6, 6.07) is 9.62. The van der Waals surface area contributed by atoms with Crippen LogP contribution in [0, 0.1) is 0 Å². The summed E-state index contributed by atoms with van der Waals surface area (Å²) in [7, 11) is 0. The number of rotatable bonds is 4. The molecule has 1 aromatic rings. The highest BCUT2D eigenvalue weighted by atomic mass is 16.6. The maximum atomic E-state index is 12.1. The third kappa shape index (κ3) is 3.22. The number of nitrogens with zero attached hydrogens (tertiary/aromatic N) is 1. The summed E-state index contributed by atoms with van der Waals surface area (Å²) in [6.07, 6.45) is 0.334. The summed E-state index contributed by atoms with van der Waals surface area (Å²) in [5, 5.41) is 16.8. The number of carbonyl (C=O) groups is 1. The van der Waals surface area contributed by atoms with Gasteiger partial charge in [-0.2, -0.15) is 0 Å². The predicted octanol–water partition coefficient (Wildman–Crippen LogP) is 0.447. The Hall–Kier alpha value is -1.92. The average Bonchev–Trinajstić information content (AvgIpc) is 3.16. The molecule has 21 heavy (non-hydrogen) atoms. The van der Waals surface area contributed by atoms with E-state index in [0.29, 0.717) is 19.4 Å². The molecule has 2 N–H and O–H groups in total. The number of amides is 1. The minimum Gasteiger partial charge on any atom is -0.386 e. The van der Waals surface area contributed by atoms with Crippen molar-refractivity contribution in [2.45, 2.75) is 24.5 Å². The van der Waals surface area contributed by atoms with Gasteiger partial charge in [-0.25, -0.2) is 0 Å². The summed E-state index contributed by atoms with van der Waals surface area (Å²) < 4.78 is 5.14. The van der Waals surface area contributed by atoms with Crippen molar-refractivity contribution < 1.29 is 19.5 Å². The van der Waals surface area contributed by atoms with Gasteiger partial charge in [0, 0.05) is 26.0 Å². The fourth-order valence-corrected chi connectivity index (χ4v) is 2.42. The normalized spacial score (nSPS) is 28.0. The maximum absolute atomic E-state index is 12.1. The quantitative estimate of drug-likeness (QED) is 0.843. The number of nitrogens with one attached hydrogen (secondary N) is 1. The van der Waals surface area contributed by atoms with Gasteiger partial charge in [0.15, 0.2) is 0 Å². The van der Waals surface area contributed by atoms with Crippen LogP contribution in [0.2, 0.25) is 0 Å². The lowest BCUT2D eigenvalue weighted by atomic mass is 10.0. The molecule has 1 fully saturated rings. The first-order chi connectivity index (χ1) is 10.2. The molecule has 0 aliphatic carbocycles. The Kier molecular flexibility index (Phi) is 3.90. The number of hydrogen-bond donors (Lipinski definition) is 2. The van der Waals surface area contributed by atoms with E-state index in [2.05, 4.69) is 10.5 Å². The number of ether oxygens (including phenoxy) is 1. The topological polar surface area (TPSA) is 80.2 Å². The second-order valence-electron chi connectivity index (χ2n) is 5.45. The molecule has 112 valence electrons. The van der Waals surface area contributed by atoms with Gasteiger partial charge in [-0.15, -0.1) is 0 Å². The molecule has 0 radical (unpaired) electrons. The van der Waals surface area contributed by atoms with Gasteiger partial charge in [0.25, 0.3) is 5.91 Å². The van der Waals surface area contributed by atoms with Crippen molar-refractivity contribution >= 4 is 11.6 Å². The van der Waals surface area contributed by atoms with Crippen LogP contribution in [-0.2, 0) is 14.4 Å². The van der Waals surface area contributed by atoms with Gasteiger partial charge in [-0.05, 0) is 5.56 Å². The molecule has 0 aromatic heterocycles. The molecule has 2 atom stereocenters. The SMILES string of the molecule is O=C(NCC1(O)CCOC1)C1CC(c2ccccc2)=NO1. The molecule has 0 bridgehead atoms. The van der Waals surface area contributed by atoms with Gasteiger partial charge in [0.1, 0.15) is 5.60 Å². The molecule has 1 aromatic carbocycles. The largest absolute Gasteiger partial charge is 0.386 e. The van der Waals surface area contributed by atoms with Crippen LogP contribution < -0.4 is 5.32 Å². The van der Waals surface area contributed by atoms with Crippen molar-refractivity contribution in [1.29, 1.82) is 0 Å². The van der Waals surface area contributed by atoms with Crippen molar-refractivity contribution in [3.8, 4) is 0 Å². The van der Waals surface area contributed by atoms with E-state index in [1.807, 2.05) is 30.3 Å². The Morgan fingerprint density at radius 3 is 2.95 bits per heavy atom. The zero-order chi connectivity index (χ0) is 14.7. The number of hydrogen-bond acceptors (Lipinski definition) is 5. The van der Waals surface area contributed by atoms with Crippen LogP contribution in [0.1, 0.15) is 18.4 Å². The summed E-state index contributed by atoms with van der Waals surface area (Å²) in [5.41, 5.74) is 0.756.